The summed E-state index contributed by atoms with van der Waals surface area (Å²) in [5.74, 6) is -0.866. The first-order valence-electron chi connectivity index (χ1n) is 6.98. The lowest BCUT2D eigenvalue weighted by molar-refractivity contribution is -0.134. The molecule has 0 saturated carbocycles. The highest BCUT2D eigenvalue weighted by Crippen LogP contribution is 2.31. The number of nitrogens with one attached hydrogen (secondary N) is 1. The van der Waals surface area contributed by atoms with Gasteiger partial charge in [-0.3, -0.25) is 9.59 Å². The third-order valence-electron chi connectivity index (χ3n) is 4.12. The van der Waals surface area contributed by atoms with Crippen molar-refractivity contribution in [2.24, 2.45) is 0 Å². The minimum Gasteiger partial charge on any atom is -0.367 e. The molecule has 0 aliphatic carbocycles. The Morgan fingerprint density at radius 3 is 2.95 bits per heavy atom. The lowest BCUT2D eigenvalue weighted by Gasteiger charge is -2.30. The van der Waals surface area contributed by atoms with E-state index in [1.165, 1.54) is 10.4 Å². The van der Waals surface area contributed by atoms with Crippen LogP contribution in [0.1, 0.15) is 16.0 Å². The van der Waals surface area contributed by atoms with Crippen molar-refractivity contribution in [3.05, 3.63) is 45.6 Å². The molecule has 0 radical (unpaired) electrons. The Bertz CT molecular complexity index is 750. The van der Waals surface area contributed by atoms with Gasteiger partial charge in [0.25, 0.3) is 5.91 Å². The molecule has 2 aromatic rings. The Balaban J connectivity index is 1.64. The molecule has 0 spiro atoms. The number of hydrogen-bond donors (Lipinski definition) is 1. The maximum Gasteiger partial charge on any atom is 0.292 e. The fourth-order valence-electron chi connectivity index (χ4n) is 2.95. The fourth-order valence-corrected chi connectivity index (χ4v) is 3.84. The van der Waals surface area contributed by atoms with E-state index in [0.717, 1.165) is 36.4 Å². The smallest absolute Gasteiger partial charge is 0.292 e. The summed E-state index contributed by atoms with van der Waals surface area (Å²) in [6, 6.07) is 8.16. The quantitative estimate of drug-likeness (QED) is 0.822. The van der Waals surface area contributed by atoms with Crippen molar-refractivity contribution in [1.82, 2.24) is 0 Å². The highest BCUT2D eigenvalue weighted by atomic mass is 32.1. The Labute approximate surface area is 126 Å². The number of nitrogens with zero attached hydrogens (tertiary/aromatic N) is 1. The summed E-state index contributed by atoms with van der Waals surface area (Å²) >= 11 is 1.82. The zero-order valence-electron chi connectivity index (χ0n) is 11.4. The van der Waals surface area contributed by atoms with Crippen molar-refractivity contribution in [1.29, 1.82) is 0 Å². The van der Waals surface area contributed by atoms with Gasteiger partial charge in [0.1, 0.15) is 0 Å². The number of amides is 1. The van der Waals surface area contributed by atoms with Gasteiger partial charge in [0.15, 0.2) is 0 Å². The fraction of sp³-hybridized carbons (Fsp3) is 0.250. The van der Waals surface area contributed by atoms with Crippen LogP contribution in [0.3, 0.4) is 0 Å². The molecule has 106 valence electrons. The van der Waals surface area contributed by atoms with Crippen molar-refractivity contribution in [3.8, 4) is 0 Å². The van der Waals surface area contributed by atoms with Gasteiger partial charge in [-0.2, -0.15) is 0 Å². The number of carbonyl (C=O) groups is 2. The van der Waals surface area contributed by atoms with Crippen LogP contribution in [0.25, 0.3) is 0 Å². The molecule has 4 nitrogen and oxygen atoms in total. The van der Waals surface area contributed by atoms with Crippen LogP contribution < -0.4 is 10.2 Å². The summed E-state index contributed by atoms with van der Waals surface area (Å²) in [5, 5.41) is 4.84. The number of carbonyl (C=O) groups excluding carboxylic acids is 2. The predicted molar refractivity (Wildman–Crippen MR) is 82.9 cm³/mol. The van der Waals surface area contributed by atoms with Crippen LogP contribution in [0.2, 0.25) is 0 Å². The van der Waals surface area contributed by atoms with Gasteiger partial charge in [-0.1, -0.05) is 6.07 Å². The first kappa shape index (κ1) is 12.6. The molecule has 1 aromatic heterocycles. The van der Waals surface area contributed by atoms with Crippen LogP contribution >= 0.6 is 11.3 Å². The molecule has 0 bridgehead atoms. The van der Waals surface area contributed by atoms with E-state index in [1.54, 1.807) is 0 Å². The van der Waals surface area contributed by atoms with Crippen molar-refractivity contribution < 1.29 is 9.59 Å². The molecule has 5 heteroatoms. The Hall–Kier alpha value is -2.14. The molecule has 0 fully saturated rings. The number of thiophene rings is 1. The molecule has 0 atom stereocenters. The number of anilines is 2. The third kappa shape index (κ3) is 2.14. The number of ketones is 1. The number of rotatable bonds is 1. The first-order valence-corrected chi connectivity index (χ1v) is 7.86. The normalized spacial score (nSPS) is 17.2. The molecular formula is C16H14N2O2S. The molecule has 4 rings (SSSR count). The van der Waals surface area contributed by atoms with Gasteiger partial charge in [-0.15, -0.1) is 11.3 Å². The topological polar surface area (TPSA) is 49.4 Å². The Kier molecular flexibility index (Phi) is 2.82. The third-order valence-corrected chi connectivity index (χ3v) is 5.14. The van der Waals surface area contributed by atoms with Gasteiger partial charge in [0, 0.05) is 35.8 Å². The van der Waals surface area contributed by atoms with Crippen LogP contribution in [0, 0.1) is 0 Å². The van der Waals surface area contributed by atoms with Gasteiger partial charge in [-0.25, -0.2) is 0 Å². The second-order valence-electron chi connectivity index (χ2n) is 5.44. The molecule has 2 aliphatic rings. The summed E-state index contributed by atoms with van der Waals surface area (Å²) in [5.41, 5.74) is 4.16. The summed E-state index contributed by atoms with van der Waals surface area (Å²) in [7, 11) is 0. The highest BCUT2D eigenvalue weighted by molar-refractivity contribution is 7.10. The van der Waals surface area contributed by atoms with Crippen LogP contribution in [0.5, 0.6) is 0 Å². The molecule has 1 aromatic carbocycles. The molecule has 1 N–H and O–H groups in total. The van der Waals surface area contributed by atoms with E-state index in [-0.39, 0.29) is 12.2 Å². The highest BCUT2D eigenvalue weighted by Gasteiger charge is 2.24. The van der Waals surface area contributed by atoms with E-state index in [2.05, 4.69) is 21.7 Å². The monoisotopic (exact) mass is 298 g/mol. The SMILES string of the molecule is O=C1Cc2ccc(N3CCc4sccc4C3)cc2NC1=O. The van der Waals surface area contributed by atoms with E-state index >= 15 is 0 Å². The minimum absolute atomic E-state index is 0.204. The maximum absolute atomic E-state index is 11.5. The predicted octanol–water partition coefficient (Wildman–Crippen LogP) is 2.37. The number of Topliss-reactive ketones (excluding diaryl/α,β-unsaturated/α-hetero) is 1. The summed E-state index contributed by atoms with van der Waals surface area (Å²) in [6.07, 6.45) is 1.27. The van der Waals surface area contributed by atoms with Crippen molar-refractivity contribution in [2.75, 3.05) is 16.8 Å². The average Bonchev–Trinajstić information content (AvgIpc) is 2.95. The molecule has 0 saturated heterocycles. The van der Waals surface area contributed by atoms with E-state index in [4.69, 9.17) is 0 Å². The van der Waals surface area contributed by atoms with Crippen LogP contribution in [0.4, 0.5) is 11.4 Å². The van der Waals surface area contributed by atoms with E-state index in [0.29, 0.717) is 0 Å². The van der Waals surface area contributed by atoms with Gasteiger partial charge in [0.05, 0.1) is 0 Å². The molecule has 2 aliphatic heterocycles. The average molecular weight is 298 g/mol. The summed E-state index contributed by atoms with van der Waals surface area (Å²) in [6.45, 7) is 1.89. The van der Waals surface area contributed by atoms with Gasteiger partial charge < -0.3 is 10.2 Å². The van der Waals surface area contributed by atoms with Crippen LogP contribution in [0.15, 0.2) is 29.6 Å². The van der Waals surface area contributed by atoms with E-state index < -0.39 is 5.91 Å². The van der Waals surface area contributed by atoms with Gasteiger partial charge in [0.2, 0.25) is 5.78 Å². The zero-order chi connectivity index (χ0) is 14.4. The minimum atomic E-state index is -0.501. The maximum atomic E-state index is 11.5. The lowest BCUT2D eigenvalue weighted by atomic mass is 10.0. The van der Waals surface area contributed by atoms with Crippen molar-refractivity contribution >= 4 is 34.4 Å². The summed E-state index contributed by atoms with van der Waals surface area (Å²) in [4.78, 5) is 26.7. The lowest BCUT2D eigenvalue weighted by Crippen LogP contribution is -2.31. The van der Waals surface area contributed by atoms with E-state index in [9.17, 15) is 9.59 Å². The number of hydrogen-bond acceptors (Lipinski definition) is 4. The standard InChI is InChI=1S/C16H14N2O2S/c19-14-7-10-1-2-12(8-13(10)17-16(14)20)18-5-3-15-11(9-18)4-6-21-15/h1-2,4,6,8H,3,5,7,9H2,(H,17,20). The number of fused-ring (bicyclic) bond motifs is 2. The Morgan fingerprint density at radius 1 is 1.14 bits per heavy atom. The second-order valence-corrected chi connectivity index (χ2v) is 6.44. The van der Waals surface area contributed by atoms with Crippen molar-refractivity contribution in [3.63, 3.8) is 0 Å². The molecule has 3 heterocycles. The molecule has 1 amide bonds. The molecular weight excluding hydrogens is 284 g/mol. The second kappa shape index (κ2) is 4.70. The van der Waals surface area contributed by atoms with Gasteiger partial charge in [-0.05, 0) is 41.1 Å². The summed E-state index contributed by atoms with van der Waals surface area (Å²) < 4.78 is 0. The first-order chi connectivity index (χ1) is 10.2. The molecule has 0 unspecified atom stereocenters. The van der Waals surface area contributed by atoms with Crippen molar-refractivity contribution in [2.45, 2.75) is 19.4 Å². The van der Waals surface area contributed by atoms with Gasteiger partial charge >= 0.3 is 0 Å². The van der Waals surface area contributed by atoms with Crippen LogP contribution in [-0.4, -0.2) is 18.2 Å². The number of benzene rings is 1. The largest absolute Gasteiger partial charge is 0.367 e. The Morgan fingerprint density at radius 2 is 2.05 bits per heavy atom. The molecule has 21 heavy (non-hydrogen) atoms. The van der Waals surface area contributed by atoms with Crippen LogP contribution in [-0.2, 0) is 29.0 Å². The zero-order valence-corrected chi connectivity index (χ0v) is 12.2. The van der Waals surface area contributed by atoms with E-state index in [1.807, 2.05) is 29.5 Å².